The Morgan fingerprint density at radius 2 is 2.06 bits per heavy atom. The van der Waals surface area contributed by atoms with E-state index in [1.54, 1.807) is 30.1 Å². The molecule has 1 atom stereocenters. The number of ketones is 1. The van der Waals surface area contributed by atoms with Crippen molar-refractivity contribution in [2.24, 2.45) is 5.73 Å². The number of carbonyl (C=O) groups is 1. The van der Waals surface area contributed by atoms with Crippen LogP contribution in [0.25, 0.3) is 5.69 Å². The van der Waals surface area contributed by atoms with Gasteiger partial charge in [0.2, 0.25) is 0 Å². The molecular formula is C11H12N4O. The standard InChI is InChI=1S/C11H12N4O/c1-8(12)11(16)9-2-4-10(5-3-9)15-7-13-6-14-15/h2-8H,12H2,1H3. The molecule has 2 aromatic rings. The third-order valence-corrected chi connectivity index (χ3v) is 2.25. The number of benzene rings is 1. The number of Topliss-reactive ketones (excluding diaryl/α,β-unsaturated/α-hetero) is 1. The molecule has 16 heavy (non-hydrogen) atoms. The van der Waals surface area contributed by atoms with Crippen molar-refractivity contribution >= 4 is 5.78 Å². The van der Waals surface area contributed by atoms with Crippen LogP contribution in [-0.2, 0) is 0 Å². The molecule has 0 aliphatic carbocycles. The van der Waals surface area contributed by atoms with Crippen molar-refractivity contribution in [1.82, 2.24) is 14.8 Å². The Bertz CT molecular complexity index is 473. The number of hydrogen-bond donors (Lipinski definition) is 1. The Morgan fingerprint density at radius 1 is 1.38 bits per heavy atom. The first kappa shape index (κ1) is 10.5. The highest BCUT2D eigenvalue weighted by atomic mass is 16.1. The van der Waals surface area contributed by atoms with Gasteiger partial charge in [0.25, 0.3) is 0 Å². The largest absolute Gasteiger partial charge is 0.321 e. The summed E-state index contributed by atoms with van der Waals surface area (Å²) in [6.45, 7) is 1.67. The minimum absolute atomic E-state index is 0.0647. The van der Waals surface area contributed by atoms with Crippen LogP contribution in [-0.4, -0.2) is 26.6 Å². The van der Waals surface area contributed by atoms with Gasteiger partial charge in [-0.3, -0.25) is 4.79 Å². The molecule has 1 heterocycles. The van der Waals surface area contributed by atoms with E-state index >= 15 is 0 Å². The lowest BCUT2D eigenvalue weighted by Gasteiger charge is -2.05. The Labute approximate surface area is 92.9 Å². The summed E-state index contributed by atoms with van der Waals surface area (Å²) in [4.78, 5) is 15.4. The maximum atomic E-state index is 11.6. The summed E-state index contributed by atoms with van der Waals surface area (Å²) in [6, 6.07) is 6.62. The number of hydrogen-bond acceptors (Lipinski definition) is 4. The van der Waals surface area contributed by atoms with Crippen LogP contribution >= 0.6 is 0 Å². The second kappa shape index (κ2) is 4.24. The van der Waals surface area contributed by atoms with Crippen molar-refractivity contribution in [1.29, 1.82) is 0 Å². The lowest BCUT2D eigenvalue weighted by Crippen LogP contribution is -2.26. The van der Waals surface area contributed by atoms with Gasteiger partial charge < -0.3 is 5.73 Å². The van der Waals surface area contributed by atoms with Gasteiger partial charge in [0.15, 0.2) is 5.78 Å². The molecule has 1 aromatic carbocycles. The molecule has 1 aromatic heterocycles. The van der Waals surface area contributed by atoms with Gasteiger partial charge in [0, 0.05) is 5.56 Å². The molecule has 0 amide bonds. The summed E-state index contributed by atoms with van der Waals surface area (Å²) >= 11 is 0. The van der Waals surface area contributed by atoms with E-state index in [4.69, 9.17) is 5.73 Å². The first-order valence-electron chi connectivity index (χ1n) is 4.93. The molecule has 2 rings (SSSR count). The lowest BCUT2D eigenvalue weighted by molar-refractivity contribution is 0.0968. The minimum atomic E-state index is -0.475. The zero-order chi connectivity index (χ0) is 11.5. The maximum absolute atomic E-state index is 11.6. The van der Waals surface area contributed by atoms with Crippen molar-refractivity contribution in [2.45, 2.75) is 13.0 Å². The summed E-state index contributed by atoms with van der Waals surface area (Å²) in [5.74, 6) is -0.0647. The summed E-state index contributed by atoms with van der Waals surface area (Å²) in [5, 5.41) is 3.99. The quantitative estimate of drug-likeness (QED) is 0.770. The van der Waals surface area contributed by atoms with Gasteiger partial charge in [0.1, 0.15) is 12.7 Å². The summed E-state index contributed by atoms with van der Waals surface area (Å²) in [7, 11) is 0. The van der Waals surface area contributed by atoms with E-state index in [0.29, 0.717) is 5.56 Å². The van der Waals surface area contributed by atoms with Crippen LogP contribution < -0.4 is 5.73 Å². The summed E-state index contributed by atoms with van der Waals surface area (Å²) in [5.41, 5.74) is 6.99. The first-order chi connectivity index (χ1) is 7.68. The molecule has 0 bridgehead atoms. The SMILES string of the molecule is CC(N)C(=O)c1ccc(-n2cncn2)cc1. The van der Waals surface area contributed by atoms with Crippen LogP contribution in [0.5, 0.6) is 0 Å². The van der Waals surface area contributed by atoms with Gasteiger partial charge in [0.05, 0.1) is 11.7 Å². The smallest absolute Gasteiger partial charge is 0.179 e. The van der Waals surface area contributed by atoms with Crippen molar-refractivity contribution in [3.05, 3.63) is 42.5 Å². The molecule has 0 spiro atoms. The number of nitrogens with zero attached hydrogens (tertiary/aromatic N) is 3. The van der Waals surface area contributed by atoms with Crippen LogP contribution in [0.1, 0.15) is 17.3 Å². The Balaban J connectivity index is 2.27. The fraction of sp³-hybridized carbons (Fsp3) is 0.182. The van der Waals surface area contributed by atoms with Gasteiger partial charge in [-0.2, -0.15) is 5.10 Å². The van der Waals surface area contributed by atoms with Crippen LogP contribution in [0, 0.1) is 0 Å². The molecule has 0 saturated heterocycles. The van der Waals surface area contributed by atoms with Crippen molar-refractivity contribution < 1.29 is 4.79 Å². The first-order valence-corrected chi connectivity index (χ1v) is 4.93. The minimum Gasteiger partial charge on any atom is -0.321 e. The molecule has 0 fully saturated rings. The summed E-state index contributed by atoms with van der Waals surface area (Å²) < 4.78 is 1.63. The molecule has 0 saturated carbocycles. The zero-order valence-corrected chi connectivity index (χ0v) is 8.87. The van der Waals surface area contributed by atoms with Crippen molar-refractivity contribution in [3.8, 4) is 5.69 Å². The Morgan fingerprint density at radius 3 is 2.56 bits per heavy atom. The second-order valence-corrected chi connectivity index (χ2v) is 3.54. The van der Waals surface area contributed by atoms with Gasteiger partial charge in [-0.25, -0.2) is 9.67 Å². The predicted octanol–water partition coefficient (Wildman–Crippen LogP) is 0.797. The van der Waals surface area contributed by atoms with E-state index in [0.717, 1.165) is 5.69 Å². The molecule has 0 aliphatic rings. The fourth-order valence-corrected chi connectivity index (χ4v) is 1.38. The van der Waals surface area contributed by atoms with Crippen LogP contribution in [0.3, 0.4) is 0 Å². The highest BCUT2D eigenvalue weighted by Crippen LogP contribution is 2.09. The number of rotatable bonds is 3. The fourth-order valence-electron chi connectivity index (χ4n) is 1.38. The Kier molecular flexibility index (Phi) is 2.78. The molecule has 2 N–H and O–H groups in total. The maximum Gasteiger partial charge on any atom is 0.179 e. The molecule has 5 heteroatoms. The number of carbonyl (C=O) groups excluding carboxylic acids is 1. The third kappa shape index (κ3) is 1.99. The molecule has 0 aliphatic heterocycles. The second-order valence-electron chi connectivity index (χ2n) is 3.54. The van der Waals surface area contributed by atoms with E-state index < -0.39 is 6.04 Å². The molecule has 1 unspecified atom stereocenters. The third-order valence-electron chi connectivity index (χ3n) is 2.25. The molecule has 5 nitrogen and oxygen atoms in total. The monoisotopic (exact) mass is 216 g/mol. The van der Waals surface area contributed by atoms with E-state index in [9.17, 15) is 4.79 Å². The van der Waals surface area contributed by atoms with E-state index in [-0.39, 0.29) is 5.78 Å². The van der Waals surface area contributed by atoms with Crippen molar-refractivity contribution in [2.75, 3.05) is 0 Å². The van der Waals surface area contributed by atoms with Crippen LogP contribution in [0.2, 0.25) is 0 Å². The normalized spacial score (nSPS) is 12.4. The molecule has 0 radical (unpaired) electrons. The van der Waals surface area contributed by atoms with E-state index in [2.05, 4.69) is 10.1 Å². The highest BCUT2D eigenvalue weighted by molar-refractivity contribution is 5.99. The van der Waals surface area contributed by atoms with Gasteiger partial charge in [-0.15, -0.1) is 0 Å². The Hall–Kier alpha value is -2.01. The zero-order valence-electron chi connectivity index (χ0n) is 8.87. The van der Waals surface area contributed by atoms with Crippen LogP contribution in [0.4, 0.5) is 0 Å². The number of aromatic nitrogens is 3. The average Bonchev–Trinajstić information content (AvgIpc) is 2.81. The average molecular weight is 216 g/mol. The molecular weight excluding hydrogens is 204 g/mol. The summed E-state index contributed by atoms with van der Waals surface area (Å²) in [6.07, 6.45) is 3.06. The topological polar surface area (TPSA) is 73.8 Å². The lowest BCUT2D eigenvalue weighted by atomic mass is 10.1. The highest BCUT2D eigenvalue weighted by Gasteiger charge is 2.10. The van der Waals surface area contributed by atoms with Crippen LogP contribution in [0.15, 0.2) is 36.9 Å². The van der Waals surface area contributed by atoms with Crippen molar-refractivity contribution in [3.63, 3.8) is 0 Å². The number of nitrogens with two attached hydrogens (primary N) is 1. The molecule has 82 valence electrons. The predicted molar refractivity (Wildman–Crippen MR) is 59.3 cm³/mol. The van der Waals surface area contributed by atoms with E-state index in [1.807, 2.05) is 12.1 Å². The van der Waals surface area contributed by atoms with E-state index in [1.165, 1.54) is 6.33 Å². The van der Waals surface area contributed by atoms with Gasteiger partial charge in [-0.1, -0.05) is 0 Å². The van der Waals surface area contributed by atoms with Gasteiger partial charge >= 0.3 is 0 Å². The van der Waals surface area contributed by atoms with Gasteiger partial charge in [-0.05, 0) is 31.2 Å².